The van der Waals surface area contributed by atoms with E-state index < -0.39 is 34.1 Å². The maximum Gasteiger partial charge on any atom is 0.244 e. The number of sulfonamides is 1. The van der Waals surface area contributed by atoms with Crippen molar-refractivity contribution in [3.8, 4) is 0 Å². The Labute approximate surface area is 214 Å². The summed E-state index contributed by atoms with van der Waals surface area (Å²) in [5, 5.41) is 3.35. The lowest BCUT2D eigenvalue weighted by Gasteiger charge is -2.34. The molecule has 2 rings (SSSR count). The Morgan fingerprint density at radius 2 is 1.66 bits per heavy atom. The Morgan fingerprint density at radius 3 is 2.14 bits per heavy atom. The van der Waals surface area contributed by atoms with Crippen LogP contribution in [-0.4, -0.2) is 49.5 Å². The summed E-state index contributed by atoms with van der Waals surface area (Å²) < 4.78 is 26.4. The van der Waals surface area contributed by atoms with Gasteiger partial charge in [-0.2, -0.15) is 0 Å². The lowest BCUT2D eigenvalue weighted by Crippen LogP contribution is -2.55. The van der Waals surface area contributed by atoms with Crippen LogP contribution >= 0.6 is 11.6 Å². The van der Waals surface area contributed by atoms with Gasteiger partial charge in [-0.3, -0.25) is 13.9 Å². The molecule has 2 aromatic rings. The van der Waals surface area contributed by atoms with Crippen molar-refractivity contribution in [2.75, 3.05) is 17.1 Å². The first kappa shape index (κ1) is 28.7. The fourth-order valence-corrected chi connectivity index (χ4v) is 4.63. The zero-order chi connectivity index (χ0) is 26.6. The standard InChI is InChI=1S/C26H36ClN3O4S/c1-8-23(25(32)28-26(4,5)6)29(16-20-12-9-18(2)10-13-20)24(31)17-30(35(7,33)34)21-14-11-19(3)22(27)15-21/h9-15,23H,8,16-17H2,1-7H3,(H,28,32)/t23-/m1/s1. The first-order chi connectivity index (χ1) is 16.1. The van der Waals surface area contributed by atoms with Crippen LogP contribution in [-0.2, 0) is 26.2 Å². The van der Waals surface area contributed by atoms with Crippen LogP contribution in [0.3, 0.4) is 0 Å². The van der Waals surface area contributed by atoms with E-state index >= 15 is 0 Å². The molecule has 1 atom stereocenters. The van der Waals surface area contributed by atoms with E-state index in [1.165, 1.54) is 11.0 Å². The molecule has 0 radical (unpaired) electrons. The number of hydrogen-bond donors (Lipinski definition) is 1. The zero-order valence-corrected chi connectivity index (χ0v) is 23.1. The molecule has 0 bridgehead atoms. The fraction of sp³-hybridized carbons (Fsp3) is 0.462. The molecule has 0 unspecified atom stereocenters. The average Bonchev–Trinajstić information content (AvgIpc) is 2.73. The molecule has 0 fully saturated rings. The summed E-state index contributed by atoms with van der Waals surface area (Å²) >= 11 is 6.23. The van der Waals surface area contributed by atoms with Crippen LogP contribution in [0.15, 0.2) is 42.5 Å². The maximum absolute atomic E-state index is 13.7. The quantitative estimate of drug-likeness (QED) is 0.528. The highest BCUT2D eigenvalue weighted by Crippen LogP contribution is 2.25. The fourth-order valence-electron chi connectivity index (χ4n) is 3.61. The van der Waals surface area contributed by atoms with Crippen LogP contribution in [0, 0.1) is 13.8 Å². The average molecular weight is 522 g/mol. The Bertz CT molecular complexity index is 1160. The first-order valence-electron chi connectivity index (χ1n) is 11.5. The van der Waals surface area contributed by atoms with Gasteiger partial charge in [0.05, 0.1) is 11.9 Å². The monoisotopic (exact) mass is 521 g/mol. The lowest BCUT2D eigenvalue weighted by atomic mass is 10.1. The van der Waals surface area contributed by atoms with Crippen molar-refractivity contribution in [2.45, 2.75) is 66.1 Å². The number of hydrogen-bond acceptors (Lipinski definition) is 4. The van der Waals surface area contributed by atoms with Crippen molar-refractivity contribution >= 4 is 39.1 Å². The smallest absolute Gasteiger partial charge is 0.244 e. The van der Waals surface area contributed by atoms with E-state index in [1.54, 1.807) is 12.1 Å². The first-order valence-corrected chi connectivity index (χ1v) is 13.8. The number of rotatable bonds is 9. The van der Waals surface area contributed by atoms with Gasteiger partial charge in [-0.05, 0) is 64.3 Å². The van der Waals surface area contributed by atoms with Gasteiger partial charge in [0, 0.05) is 17.1 Å². The number of benzene rings is 2. The highest BCUT2D eigenvalue weighted by atomic mass is 35.5. The second kappa shape index (κ2) is 11.4. The molecular weight excluding hydrogens is 486 g/mol. The van der Waals surface area contributed by atoms with Crippen molar-refractivity contribution in [1.29, 1.82) is 0 Å². The van der Waals surface area contributed by atoms with Gasteiger partial charge in [-0.15, -0.1) is 0 Å². The van der Waals surface area contributed by atoms with E-state index in [0.29, 0.717) is 17.1 Å². The summed E-state index contributed by atoms with van der Waals surface area (Å²) in [6, 6.07) is 11.7. The lowest BCUT2D eigenvalue weighted by molar-refractivity contribution is -0.141. The number of nitrogens with one attached hydrogen (secondary N) is 1. The van der Waals surface area contributed by atoms with Gasteiger partial charge in [0.1, 0.15) is 12.6 Å². The van der Waals surface area contributed by atoms with Crippen LogP contribution in [0.1, 0.15) is 50.8 Å². The van der Waals surface area contributed by atoms with Crippen LogP contribution in [0.2, 0.25) is 5.02 Å². The summed E-state index contributed by atoms with van der Waals surface area (Å²) in [6.07, 6.45) is 1.41. The van der Waals surface area contributed by atoms with Crippen molar-refractivity contribution in [3.63, 3.8) is 0 Å². The molecule has 0 saturated carbocycles. The Balaban J connectivity index is 2.47. The molecule has 9 heteroatoms. The third-order valence-corrected chi connectivity index (χ3v) is 7.03. The summed E-state index contributed by atoms with van der Waals surface area (Å²) in [7, 11) is -3.81. The van der Waals surface area contributed by atoms with E-state index in [4.69, 9.17) is 11.6 Å². The number of carbonyl (C=O) groups is 2. The molecule has 0 aliphatic heterocycles. The molecule has 0 saturated heterocycles. The molecule has 7 nitrogen and oxygen atoms in total. The van der Waals surface area contributed by atoms with Gasteiger partial charge >= 0.3 is 0 Å². The molecule has 0 spiro atoms. The van der Waals surface area contributed by atoms with Gasteiger partial charge in [-0.1, -0.05) is 54.4 Å². The largest absolute Gasteiger partial charge is 0.350 e. The Morgan fingerprint density at radius 1 is 1.06 bits per heavy atom. The predicted molar refractivity (Wildman–Crippen MR) is 142 cm³/mol. The summed E-state index contributed by atoms with van der Waals surface area (Å²) in [5.74, 6) is -0.770. The molecule has 2 aromatic carbocycles. The van der Waals surface area contributed by atoms with Crippen molar-refractivity contribution in [1.82, 2.24) is 10.2 Å². The third kappa shape index (κ3) is 8.25. The number of halogens is 1. The van der Waals surface area contributed by atoms with Gasteiger partial charge < -0.3 is 10.2 Å². The van der Waals surface area contributed by atoms with Crippen LogP contribution in [0.5, 0.6) is 0 Å². The van der Waals surface area contributed by atoms with Crippen molar-refractivity contribution < 1.29 is 18.0 Å². The Hall–Kier alpha value is -2.58. The zero-order valence-electron chi connectivity index (χ0n) is 21.6. The van der Waals surface area contributed by atoms with Crippen LogP contribution in [0.4, 0.5) is 5.69 Å². The van der Waals surface area contributed by atoms with Crippen molar-refractivity contribution in [2.24, 2.45) is 0 Å². The molecule has 35 heavy (non-hydrogen) atoms. The second-order valence-electron chi connectivity index (χ2n) is 9.87. The minimum Gasteiger partial charge on any atom is -0.350 e. The van der Waals surface area contributed by atoms with E-state index in [-0.39, 0.29) is 12.5 Å². The van der Waals surface area contributed by atoms with Crippen molar-refractivity contribution in [3.05, 3.63) is 64.2 Å². The third-order valence-electron chi connectivity index (χ3n) is 5.48. The number of carbonyl (C=O) groups excluding carboxylic acids is 2. The molecule has 0 heterocycles. The van der Waals surface area contributed by atoms with Crippen LogP contribution in [0.25, 0.3) is 0 Å². The molecule has 0 aliphatic rings. The number of nitrogens with zero attached hydrogens (tertiary/aromatic N) is 2. The van der Waals surface area contributed by atoms with Gasteiger partial charge in [0.25, 0.3) is 0 Å². The topological polar surface area (TPSA) is 86.8 Å². The molecule has 192 valence electrons. The SMILES string of the molecule is CC[C@H](C(=O)NC(C)(C)C)N(Cc1ccc(C)cc1)C(=O)CN(c1ccc(C)c(Cl)c1)S(C)(=O)=O. The minimum atomic E-state index is -3.81. The van der Waals surface area contributed by atoms with Gasteiger partial charge in [-0.25, -0.2) is 8.42 Å². The summed E-state index contributed by atoms with van der Waals surface area (Å²) in [6.45, 7) is 10.9. The molecule has 0 aliphatic carbocycles. The Kier molecular flexibility index (Phi) is 9.36. The van der Waals surface area contributed by atoms with Gasteiger partial charge in [0.2, 0.25) is 21.8 Å². The van der Waals surface area contributed by atoms with E-state index in [2.05, 4.69) is 5.32 Å². The summed E-state index contributed by atoms with van der Waals surface area (Å²) in [5.41, 5.74) is 2.51. The molecule has 2 amide bonds. The second-order valence-corrected chi connectivity index (χ2v) is 12.2. The number of anilines is 1. The molecule has 0 aromatic heterocycles. The maximum atomic E-state index is 13.7. The minimum absolute atomic E-state index is 0.168. The highest BCUT2D eigenvalue weighted by molar-refractivity contribution is 7.92. The summed E-state index contributed by atoms with van der Waals surface area (Å²) in [4.78, 5) is 28.3. The van der Waals surface area contributed by atoms with E-state index in [0.717, 1.165) is 27.3 Å². The highest BCUT2D eigenvalue weighted by Gasteiger charge is 2.33. The van der Waals surface area contributed by atoms with Crippen LogP contribution < -0.4 is 9.62 Å². The normalized spacial score (nSPS) is 12.7. The molecular formula is C26H36ClN3O4S. The molecule has 1 N–H and O–H groups in total. The van der Waals surface area contributed by atoms with E-state index in [9.17, 15) is 18.0 Å². The number of amides is 2. The van der Waals surface area contributed by atoms with Gasteiger partial charge in [0.15, 0.2) is 0 Å². The van der Waals surface area contributed by atoms with E-state index in [1.807, 2.05) is 65.8 Å². The predicted octanol–water partition coefficient (Wildman–Crippen LogP) is 4.44. The number of aryl methyl sites for hydroxylation is 2.